The number of amides is 4. The molecule has 3 N–H and O–H groups in total. The number of nitrogens with zero attached hydrogens (tertiary/aromatic N) is 2. The van der Waals surface area contributed by atoms with Gasteiger partial charge in [0.2, 0.25) is 11.8 Å². The molecule has 2 aliphatic heterocycles. The van der Waals surface area contributed by atoms with Gasteiger partial charge < -0.3 is 20.3 Å². The smallest absolute Gasteiger partial charge is 0.408 e. The molecule has 4 rings (SSSR count). The zero-order valence-electron chi connectivity index (χ0n) is 25.6. The van der Waals surface area contributed by atoms with Gasteiger partial charge in [-0.15, -0.1) is 0 Å². The molecule has 0 unspecified atom stereocenters. The molecule has 2 fully saturated rings. The second kappa shape index (κ2) is 13.1. The quantitative estimate of drug-likeness (QED) is 0.421. The van der Waals surface area contributed by atoms with Crippen LogP contribution in [0.4, 0.5) is 14.9 Å². The summed E-state index contributed by atoms with van der Waals surface area (Å²) in [5, 5.41) is 5.47. The lowest BCUT2D eigenvalue weighted by Crippen LogP contribution is -2.59. The molecule has 3 aliphatic rings. The number of anilines is 1. The van der Waals surface area contributed by atoms with Gasteiger partial charge in [0.05, 0.1) is 5.69 Å². The van der Waals surface area contributed by atoms with Crippen molar-refractivity contribution >= 4 is 39.7 Å². The number of benzene rings is 1. The van der Waals surface area contributed by atoms with E-state index in [1.54, 1.807) is 20.8 Å². The molecular weight excluding hydrogens is 593 g/mol. The maximum Gasteiger partial charge on any atom is 0.408 e. The Bertz CT molecular complexity index is 1400. The minimum atomic E-state index is -4.41. The zero-order chi connectivity index (χ0) is 32.3. The summed E-state index contributed by atoms with van der Waals surface area (Å²) in [6.07, 6.45) is 7.39. The van der Waals surface area contributed by atoms with Crippen molar-refractivity contribution in [2.45, 2.75) is 95.4 Å². The van der Waals surface area contributed by atoms with Crippen molar-refractivity contribution in [2.24, 2.45) is 5.92 Å². The van der Waals surface area contributed by atoms with Crippen molar-refractivity contribution in [1.29, 1.82) is 0 Å². The molecule has 1 saturated carbocycles. The van der Waals surface area contributed by atoms with Gasteiger partial charge in [0.1, 0.15) is 29.0 Å². The number of hydrogen-bond acceptors (Lipinski definition) is 7. The summed E-state index contributed by atoms with van der Waals surface area (Å²) >= 11 is 0. The molecule has 4 atom stereocenters. The third-order valence-corrected chi connectivity index (χ3v) is 9.47. The molecule has 14 heteroatoms. The fraction of sp³-hybridized carbons (Fsp3) is 0.600. The molecule has 12 nitrogen and oxygen atoms in total. The van der Waals surface area contributed by atoms with E-state index in [0.29, 0.717) is 38.6 Å². The van der Waals surface area contributed by atoms with Crippen LogP contribution in [-0.2, 0) is 29.3 Å². The van der Waals surface area contributed by atoms with E-state index < -0.39 is 69.0 Å². The summed E-state index contributed by atoms with van der Waals surface area (Å²) in [6, 6.07) is 2.95. The fourth-order valence-corrected chi connectivity index (χ4v) is 6.56. The predicted molar refractivity (Wildman–Crippen MR) is 161 cm³/mol. The third kappa shape index (κ3) is 7.88. The predicted octanol–water partition coefficient (Wildman–Crippen LogP) is 2.90. The number of ether oxygens (including phenoxy) is 1. The summed E-state index contributed by atoms with van der Waals surface area (Å²) < 4.78 is 47.9. The van der Waals surface area contributed by atoms with Crippen LogP contribution in [0.3, 0.4) is 0 Å². The molecule has 1 aromatic rings. The Morgan fingerprint density at radius 1 is 1.09 bits per heavy atom. The van der Waals surface area contributed by atoms with Crippen molar-refractivity contribution in [3.05, 3.63) is 42.2 Å². The molecular formula is C30H42FN5O7S. The fourth-order valence-electron chi connectivity index (χ4n) is 5.61. The number of halogens is 1. The normalized spacial score (nSPS) is 27.0. The molecule has 1 aromatic carbocycles. The average Bonchev–Trinajstić information content (AvgIpc) is 3.40. The first-order valence-corrected chi connectivity index (χ1v) is 16.4. The standard InChI is InChI=1S/C30H42FN5O7S/c1-29(2,3)43-28(40)32-23-12-9-7-5-6-8-11-20-19-30(20,33-25(37)24-13-10-18-36(24)26(23)38)27(39)34-44(41,42)35(4)22-16-14-21(31)15-17-22/h8,11,14-17,20,23-24H,5-7,9-10,12-13,18-19H2,1-4H3,(H,32,40)(H,33,37)(H,34,39)/b11-8-/t20-,23+,24+,30-/m1/s1. The number of carbonyl (C=O) groups is 4. The second-order valence-electron chi connectivity index (χ2n) is 12.6. The Morgan fingerprint density at radius 3 is 2.48 bits per heavy atom. The van der Waals surface area contributed by atoms with E-state index in [1.165, 1.54) is 24.1 Å². The van der Waals surface area contributed by atoms with Crippen molar-refractivity contribution in [2.75, 3.05) is 17.9 Å². The second-order valence-corrected chi connectivity index (χ2v) is 14.3. The van der Waals surface area contributed by atoms with Crippen molar-refractivity contribution in [1.82, 2.24) is 20.3 Å². The summed E-state index contributed by atoms with van der Waals surface area (Å²) in [4.78, 5) is 55.0. The maximum absolute atomic E-state index is 13.7. The van der Waals surface area contributed by atoms with Crippen LogP contribution in [0.2, 0.25) is 0 Å². The van der Waals surface area contributed by atoms with E-state index in [4.69, 9.17) is 4.74 Å². The monoisotopic (exact) mass is 635 g/mol. The summed E-state index contributed by atoms with van der Waals surface area (Å²) in [5.41, 5.74) is -2.15. The highest BCUT2D eigenvalue weighted by Crippen LogP contribution is 2.45. The Balaban J connectivity index is 1.55. The Hall–Kier alpha value is -3.68. The Morgan fingerprint density at radius 2 is 1.80 bits per heavy atom. The minimum absolute atomic E-state index is 0.136. The minimum Gasteiger partial charge on any atom is -0.444 e. The van der Waals surface area contributed by atoms with Crippen molar-refractivity contribution < 1.29 is 36.7 Å². The number of alkyl carbamates (subject to hydrolysis) is 1. The van der Waals surface area contributed by atoms with E-state index >= 15 is 0 Å². The van der Waals surface area contributed by atoms with Gasteiger partial charge in [-0.2, -0.15) is 8.42 Å². The van der Waals surface area contributed by atoms with Gasteiger partial charge in [-0.25, -0.2) is 13.9 Å². The van der Waals surface area contributed by atoms with E-state index in [0.717, 1.165) is 29.3 Å². The topological polar surface area (TPSA) is 154 Å². The van der Waals surface area contributed by atoms with Crippen LogP contribution in [0.25, 0.3) is 0 Å². The van der Waals surface area contributed by atoms with Crippen LogP contribution in [0, 0.1) is 11.7 Å². The highest BCUT2D eigenvalue weighted by atomic mass is 32.2. The van der Waals surface area contributed by atoms with Gasteiger partial charge in [-0.1, -0.05) is 25.0 Å². The lowest BCUT2D eigenvalue weighted by Gasteiger charge is -2.30. The number of allylic oxidation sites excluding steroid dienone is 1. The molecule has 242 valence electrons. The lowest BCUT2D eigenvalue weighted by atomic mass is 10.0. The molecule has 0 bridgehead atoms. The highest BCUT2D eigenvalue weighted by molar-refractivity contribution is 7.91. The van der Waals surface area contributed by atoms with Crippen LogP contribution in [0.1, 0.15) is 72.1 Å². The summed E-state index contributed by atoms with van der Waals surface area (Å²) in [7, 11) is -3.18. The van der Waals surface area contributed by atoms with Gasteiger partial charge in [0.25, 0.3) is 5.91 Å². The largest absolute Gasteiger partial charge is 0.444 e. The van der Waals surface area contributed by atoms with Gasteiger partial charge >= 0.3 is 16.3 Å². The first-order chi connectivity index (χ1) is 20.6. The molecule has 0 aromatic heterocycles. The van der Waals surface area contributed by atoms with Gasteiger partial charge in [-0.3, -0.25) is 18.7 Å². The van der Waals surface area contributed by atoms with Crippen LogP contribution >= 0.6 is 0 Å². The highest BCUT2D eigenvalue weighted by Gasteiger charge is 2.61. The molecule has 2 heterocycles. The number of nitrogens with one attached hydrogen (secondary N) is 3. The van der Waals surface area contributed by atoms with Crippen LogP contribution in [0.15, 0.2) is 36.4 Å². The zero-order valence-corrected chi connectivity index (χ0v) is 26.4. The first kappa shape index (κ1) is 33.2. The Labute approximate surface area is 257 Å². The molecule has 0 radical (unpaired) electrons. The number of hydrogen-bond donors (Lipinski definition) is 3. The van der Waals surface area contributed by atoms with Crippen LogP contribution < -0.4 is 19.7 Å². The van der Waals surface area contributed by atoms with Crippen LogP contribution in [0.5, 0.6) is 0 Å². The summed E-state index contributed by atoms with van der Waals surface area (Å²) in [5.74, 6) is -2.87. The molecule has 1 saturated heterocycles. The van der Waals surface area contributed by atoms with Gasteiger partial charge in [-0.05, 0) is 83.6 Å². The van der Waals surface area contributed by atoms with Crippen LogP contribution in [-0.4, -0.2) is 73.9 Å². The number of rotatable bonds is 5. The molecule has 4 amide bonds. The number of fused-ring (bicyclic) bond motifs is 2. The van der Waals surface area contributed by atoms with E-state index in [-0.39, 0.29) is 12.1 Å². The van der Waals surface area contributed by atoms with Gasteiger partial charge in [0, 0.05) is 19.5 Å². The average molecular weight is 636 g/mol. The van der Waals surface area contributed by atoms with E-state index in [1.807, 2.05) is 12.2 Å². The Kier molecular flexibility index (Phi) is 9.91. The first-order valence-electron chi connectivity index (χ1n) is 15.0. The van der Waals surface area contributed by atoms with E-state index in [2.05, 4.69) is 15.4 Å². The third-order valence-electron chi connectivity index (χ3n) is 8.10. The number of carbonyl (C=O) groups excluding carboxylic acids is 4. The maximum atomic E-state index is 13.7. The molecule has 44 heavy (non-hydrogen) atoms. The van der Waals surface area contributed by atoms with Crippen molar-refractivity contribution in [3.63, 3.8) is 0 Å². The van der Waals surface area contributed by atoms with E-state index in [9.17, 15) is 32.0 Å². The SMILES string of the molecule is CN(c1ccc(F)cc1)S(=O)(=O)NC(=O)[C@@]12C[C@H]1/C=C\CCCCC[C@H](NC(=O)OC(C)(C)C)C(=O)N1CCC[C@H]1C(=O)N2. The van der Waals surface area contributed by atoms with Crippen molar-refractivity contribution in [3.8, 4) is 0 Å². The van der Waals surface area contributed by atoms with Gasteiger partial charge in [0.15, 0.2) is 0 Å². The summed E-state index contributed by atoms with van der Waals surface area (Å²) in [6.45, 7) is 5.47. The lowest BCUT2D eigenvalue weighted by molar-refractivity contribution is -0.141. The molecule has 0 spiro atoms. The molecule has 1 aliphatic carbocycles.